The molecule has 0 amide bonds. The van der Waals surface area contributed by atoms with Gasteiger partial charge in [-0.3, -0.25) is 0 Å². The van der Waals surface area contributed by atoms with Crippen LogP contribution in [0.1, 0.15) is 57.8 Å². The van der Waals surface area contributed by atoms with Crippen LogP contribution in [0.2, 0.25) is 0 Å². The van der Waals surface area contributed by atoms with Crippen LogP contribution in [0.4, 0.5) is 0 Å². The van der Waals surface area contributed by atoms with E-state index in [-0.39, 0.29) is 0 Å². The number of rotatable bonds is 3. The van der Waals surface area contributed by atoms with Crippen molar-refractivity contribution in [2.75, 3.05) is 6.54 Å². The van der Waals surface area contributed by atoms with Gasteiger partial charge in [0.15, 0.2) is 0 Å². The Balaban J connectivity index is 1.71. The Bertz CT molecular complexity index is 177. The van der Waals surface area contributed by atoms with Gasteiger partial charge in [0.25, 0.3) is 0 Å². The predicted molar refractivity (Wildman–Crippen MR) is 66.5 cm³/mol. The van der Waals surface area contributed by atoms with Crippen LogP contribution in [0, 0.1) is 5.92 Å². The number of hydrogen-bond donors (Lipinski definition) is 1. The first-order valence-corrected chi connectivity index (χ1v) is 7.17. The molecular formula is C13H24ClN. The molecule has 0 aliphatic heterocycles. The van der Waals surface area contributed by atoms with Crippen molar-refractivity contribution >= 4 is 11.6 Å². The van der Waals surface area contributed by atoms with Crippen LogP contribution in [0.25, 0.3) is 0 Å². The second-order valence-corrected chi connectivity index (χ2v) is 5.88. The van der Waals surface area contributed by atoms with E-state index in [1.165, 1.54) is 64.3 Å². The molecule has 2 atom stereocenters. The second kappa shape index (κ2) is 6.10. The number of halogens is 1. The van der Waals surface area contributed by atoms with Crippen molar-refractivity contribution in [3.05, 3.63) is 0 Å². The molecule has 0 aromatic rings. The van der Waals surface area contributed by atoms with Crippen LogP contribution >= 0.6 is 11.6 Å². The molecule has 2 fully saturated rings. The molecule has 88 valence electrons. The highest BCUT2D eigenvalue weighted by Gasteiger charge is 2.23. The van der Waals surface area contributed by atoms with Gasteiger partial charge in [-0.25, -0.2) is 0 Å². The first-order valence-electron chi connectivity index (χ1n) is 6.74. The van der Waals surface area contributed by atoms with E-state index in [0.29, 0.717) is 11.4 Å². The zero-order valence-electron chi connectivity index (χ0n) is 9.68. The van der Waals surface area contributed by atoms with E-state index in [0.717, 1.165) is 5.92 Å². The van der Waals surface area contributed by atoms with Gasteiger partial charge in [-0.2, -0.15) is 0 Å². The summed E-state index contributed by atoms with van der Waals surface area (Å²) in [5.74, 6) is 0.942. The minimum Gasteiger partial charge on any atom is -0.312 e. The fourth-order valence-electron chi connectivity index (χ4n) is 3.02. The Hall–Kier alpha value is 0.250. The molecule has 1 N–H and O–H groups in total. The molecule has 2 heteroatoms. The highest BCUT2D eigenvalue weighted by Crippen LogP contribution is 2.26. The number of nitrogens with one attached hydrogen (secondary N) is 1. The zero-order valence-corrected chi connectivity index (χ0v) is 10.4. The molecule has 0 aromatic heterocycles. The van der Waals surface area contributed by atoms with Gasteiger partial charge >= 0.3 is 0 Å². The van der Waals surface area contributed by atoms with Gasteiger partial charge in [0, 0.05) is 11.4 Å². The molecular weight excluding hydrogens is 206 g/mol. The van der Waals surface area contributed by atoms with E-state index >= 15 is 0 Å². The predicted octanol–water partition coefficient (Wildman–Crippen LogP) is 3.71. The fourth-order valence-corrected chi connectivity index (χ4v) is 3.39. The first-order chi connectivity index (χ1) is 7.36. The van der Waals surface area contributed by atoms with Crippen molar-refractivity contribution in [1.29, 1.82) is 0 Å². The van der Waals surface area contributed by atoms with Crippen LogP contribution < -0.4 is 5.32 Å². The summed E-state index contributed by atoms with van der Waals surface area (Å²) in [4.78, 5) is 0. The van der Waals surface area contributed by atoms with Gasteiger partial charge in [-0.15, -0.1) is 11.6 Å². The lowest BCUT2D eigenvalue weighted by atomic mass is 10.1. The average molecular weight is 230 g/mol. The largest absolute Gasteiger partial charge is 0.312 e. The molecule has 0 bridgehead atoms. The molecule has 1 nitrogen and oxygen atoms in total. The second-order valence-electron chi connectivity index (χ2n) is 5.32. The van der Waals surface area contributed by atoms with Crippen molar-refractivity contribution in [3.8, 4) is 0 Å². The third-order valence-electron chi connectivity index (χ3n) is 4.08. The molecule has 2 aliphatic carbocycles. The molecule has 0 radical (unpaired) electrons. The molecule has 15 heavy (non-hydrogen) atoms. The van der Waals surface area contributed by atoms with Crippen molar-refractivity contribution in [3.63, 3.8) is 0 Å². The molecule has 2 rings (SSSR count). The molecule has 0 heterocycles. The van der Waals surface area contributed by atoms with Crippen LogP contribution in [-0.4, -0.2) is 18.0 Å². The molecule has 0 saturated heterocycles. The molecule has 2 aliphatic rings. The Morgan fingerprint density at radius 2 is 1.53 bits per heavy atom. The normalized spacial score (nSPS) is 34.2. The standard InChI is InChI=1S/C13H24ClN/c14-12-8-2-1-3-9-13(12)15-10-11-6-4-5-7-11/h11-13,15H,1-10H2. The fraction of sp³-hybridized carbons (Fsp3) is 1.00. The first kappa shape index (κ1) is 11.7. The summed E-state index contributed by atoms with van der Waals surface area (Å²) in [6.07, 6.45) is 12.3. The maximum Gasteiger partial charge on any atom is 0.0489 e. The van der Waals surface area contributed by atoms with Gasteiger partial charge < -0.3 is 5.32 Å². The zero-order chi connectivity index (χ0) is 10.5. The number of alkyl halides is 1. The molecule has 2 saturated carbocycles. The van der Waals surface area contributed by atoms with E-state index < -0.39 is 0 Å². The smallest absolute Gasteiger partial charge is 0.0489 e. The Labute approximate surface area is 99.0 Å². The van der Waals surface area contributed by atoms with E-state index in [1.807, 2.05) is 0 Å². The van der Waals surface area contributed by atoms with Gasteiger partial charge in [0.2, 0.25) is 0 Å². The summed E-state index contributed by atoms with van der Waals surface area (Å²) >= 11 is 6.41. The summed E-state index contributed by atoms with van der Waals surface area (Å²) in [6, 6.07) is 0.592. The summed E-state index contributed by atoms with van der Waals surface area (Å²) < 4.78 is 0. The van der Waals surface area contributed by atoms with E-state index in [2.05, 4.69) is 5.32 Å². The monoisotopic (exact) mass is 229 g/mol. The van der Waals surface area contributed by atoms with Gasteiger partial charge in [0.1, 0.15) is 0 Å². The summed E-state index contributed by atoms with van der Waals surface area (Å²) in [7, 11) is 0. The topological polar surface area (TPSA) is 12.0 Å². The molecule has 2 unspecified atom stereocenters. The lowest BCUT2D eigenvalue weighted by Crippen LogP contribution is -2.38. The maximum absolute atomic E-state index is 6.41. The maximum atomic E-state index is 6.41. The third-order valence-corrected chi connectivity index (χ3v) is 4.60. The lowest BCUT2D eigenvalue weighted by molar-refractivity contribution is 0.406. The highest BCUT2D eigenvalue weighted by molar-refractivity contribution is 6.21. The van der Waals surface area contributed by atoms with Crippen LogP contribution in [0.5, 0.6) is 0 Å². The van der Waals surface area contributed by atoms with Gasteiger partial charge in [0.05, 0.1) is 0 Å². The molecule has 0 aromatic carbocycles. The third kappa shape index (κ3) is 3.64. The Morgan fingerprint density at radius 1 is 0.867 bits per heavy atom. The van der Waals surface area contributed by atoms with Crippen molar-refractivity contribution in [2.45, 2.75) is 69.2 Å². The van der Waals surface area contributed by atoms with Gasteiger partial charge in [-0.1, -0.05) is 32.1 Å². The summed E-state index contributed by atoms with van der Waals surface area (Å²) in [6.45, 7) is 1.22. The average Bonchev–Trinajstić information content (AvgIpc) is 2.67. The summed E-state index contributed by atoms with van der Waals surface area (Å²) in [5, 5.41) is 4.10. The van der Waals surface area contributed by atoms with E-state index in [1.54, 1.807) is 0 Å². The van der Waals surface area contributed by atoms with Crippen LogP contribution in [0.3, 0.4) is 0 Å². The minimum absolute atomic E-state index is 0.383. The number of hydrogen-bond acceptors (Lipinski definition) is 1. The van der Waals surface area contributed by atoms with E-state index in [9.17, 15) is 0 Å². The Morgan fingerprint density at radius 3 is 2.33 bits per heavy atom. The van der Waals surface area contributed by atoms with Crippen LogP contribution in [0.15, 0.2) is 0 Å². The molecule has 0 spiro atoms. The van der Waals surface area contributed by atoms with Crippen molar-refractivity contribution in [1.82, 2.24) is 5.32 Å². The van der Waals surface area contributed by atoms with Crippen molar-refractivity contribution < 1.29 is 0 Å². The van der Waals surface area contributed by atoms with E-state index in [4.69, 9.17) is 11.6 Å². The lowest BCUT2D eigenvalue weighted by Gasteiger charge is -2.23. The minimum atomic E-state index is 0.383. The Kier molecular flexibility index (Phi) is 4.77. The van der Waals surface area contributed by atoms with Crippen LogP contribution in [-0.2, 0) is 0 Å². The quantitative estimate of drug-likeness (QED) is 0.575. The van der Waals surface area contributed by atoms with Gasteiger partial charge in [-0.05, 0) is 38.1 Å². The van der Waals surface area contributed by atoms with Crippen molar-refractivity contribution in [2.24, 2.45) is 5.92 Å². The summed E-state index contributed by atoms with van der Waals surface area (Å²) in [5.41, 5.74) is 0. The highest BCUT2D eigenvalue weighted by atomic mass is 35.5. The SMILES string of the molecule is ClC1CCCCCC1NCC1CCCC1.